The Balaban J connectivity index is 1.68. The predicted octanol–water partition coefficient (Wildman–Crippen LogP) is 2.12. The van der Waals surface area contributed by atoms with Gasteiger partial charge in [-0.3, -0.25) is 14.9 Å². The van der Waals surface area contributed by atoms with Crippen LogP contribution in [0.1, 0.15) is 13.3 Å². The number of halogens is 1. The fraction of sp³-hybridized carbons (Fsp3) is 0.286. The lowest BCUT2D eigenvalue weighted by Gasteiger charge is -2.28. The molecular formula is C14H13ClN4O3S. The Morgan fingerprint density at radius 2 is 2.22 bits per heavy atom. The van der Waals surface area contributed by atoms with E-state index in [-0.39, 0.29) is 12.3 Å². The largest absolute Gasteiger partial charge is 0.335 e. The van der Waals surface area contributed by atoms with Crippen molar-refractivity contribution in [2.75, 3.05) is 5.32 Å². The zero-order valence-corrected chi connectivity index (χ0v) is 13.6. The molecule has 1 aromatic carbocycles. The van der Waals surface area contributed by atoms with E-state index >= 15 is 0 Å². The third kappa shape index (κ3) is 3.43. The SMILES string of the molecule is CC1NC(=O)NC(=O)C1CC(=O)Nc1nc2ccc(Cl)cc2s1. The van der Waals surface area contributed by atoms with Gasteiger partial charge >= 0.3 is 6.03 Å². The summed E-state index contributed by atoms with van der Waals surface area (Å²) < 4.78 is 0.865. The minimum Gasteiger partial charge on any atom is -0.335 e. The molecule has 2 aromatic rings. The number of carbonyl (C=O) groups excluding carboxylic acids is 3. The van der Waals surface area contributed by atoms with E-state index < -0.39 is 23.9 Å². The van der Waals surface area contributed by atoms with Crippen LogP contribution in [0, 0.1) is 5.92 Å². The molecule has 0 aliphatic carbocycles. The Bertz CT molecular complexity index is 806. The van der Waals surface area contributed by atoms with Crippen LogP contribution in [0.2, 0.25) is 5.02 Å². The lowest BCUT2D eigenvalue weighted by atomic mass is 9.94. The van der Waals surface area contributed by atoms with Crippen LogP contribution in [0.15, 0.2) is 18.2 Å². The van der Waals surface area contributed by atoms with Crippen LogP contribution in [0.4, 0.5) is 9.93 Å². The molecule has 1 fully saturated rings. The molecule has 3 N–H and O–H groups in total. The summed E-state index contributed by atoms with van der Waals surface area (Å²) >= 11 is 7.23. The summed E-state index contributed by atoms with van der Waals surface area (Å²) in [5.74, 6) is -1.40. The molecule has 1 aliphatic heterocycles. The molecule has 120 valence electrons. The Morgan fingerprint density at radius 1 is 1.43 bits per heavy atom. The highest BCUT2D eigenvalue weighted by atomic mass is 35.5. The van der Waals surface area contributed by atoms with Gasteiger partial charge in [0.25, 0.3) is 0 Å². The number of carbonyl (C=O) groups is 3. The topological polar surface area (TPSA) is 100 Å². The van der Waals surface area contributed by atoms with Crippen molar-refractivity contribution in [3.63, 3.8) is 0 Å². The molecule has 0 radical (unpaired) electrons. The molecule has 0 bridgehead atoms. The number of imide groups is 1. The van der Waals surface area contributed by atoms with Gasteiger partial charge < -0.3 is 10.6 Å². The summed E-state index contributed by atoms with van der Waals surface area (Å²) in [6, 6.07) is 4.33. The van der Waals surface area contributed by atoms with Gasteiger partial charge in [0.15, 0.2) is 5.13 Å². The number of urea groups is 1. The van der Waals surface area contributed by atoms with Crippen molar-refractivity contribution in [3.8, 4) is 0 Å². The fourth-order valence-corrected chi connectivity index (χ4v) is 3.52. The number of nitrogens with zero attached hydrogens (tertiary/aromatic N) is 1. The maximum atomic E-state index is 12.1. The summed E-state index contributed by atoms with van der Waals surface area (Å²) in [6.45, 7) is 1.69. The molecular weight excluding hydrogens is 340 g/mol. The maximum Gasteiger partial charge on any atom is 0.321 e. The number of rotatable bonds is 3. The molecule has 7 nitrogen and oxygen atoms in total. The Labute approximate surface area is 140 Å². The summed E-state index contributed by atoms with van der Waals surface area (Å²) in [5.41, 5.74) is 0.741. The van der Waals surface area contributed by atoms with E-state index in [4.69, 9.17) is 11.6 Å². The summed E-state index contributed by atoms with van der Waals surface area (Å²) in [6.07, 6.45) is -0.0377. The van der Waals surface area contributed by atoms with Crippen molar-refractivity contribution >= 4 is 56.1 Å². The number of nitrogens with one attached hydrogen (secondary N) is 3. The highest BCUT2D eigenvalue weighted by Gasteiger charge is 2.34. The quantitative estimate of drug-likeness (QED) is 0.787. The first kappa shape index (κ1) is 15.7. The van der Waals surface area contributed by atoms with Gasteiger partial charge in [0.2, 0.25) is 11.8 Å². The second kappa shape index (κ2) is 6.13. The molecule has 2 atom stereocenters. The highest BCUT2D eigenvalue weighted by Crippen LogP contribution is 2.28. The Morgan fingerprint density at radius 3 is 2.96 bits per heavy atom. The zero-order chi connectivity index (χ0) is 16.6. The first-order chi connectivity index (χ1) is 10.9. The Kier molecular flexibility index (Phi) is 4.18. The van der Waals surface area contributed by atoms with Crippen LogP contribution in [0.25, 0.3) is 10.2 Å². The summed E-state index contributed by atoms with van der Waals surface area (Å²) in [5, 5.41) is 8.47. The lowest BCUT2D eigenvalue weighted by molar-refractivity contribution is -0.129. The second-order valence-corrected chi connectivity index (χ2v) is 6.71. The first-order valence-corrected chi connectivity index (χ1v) is 8.09. The number of amides is 4. The number of thiazole rings is 1. The van der Waals surface area contributed by atoms with Gasteiger partial charge in [-0.05, 0) is 25.1 Å². The molecule has 0 spiro atoms. The molecule has 3 rings (SSSR count). The van der Waals surface area contributed by atoms with Crippen molar-refractivity contribution in [2.24, 2.45) is 5.92 Å². The van der Waals surface area contributed by atoms with Crippen LogP contribution in [0.3, 0.4) is 0 Å². The molecule has 2 unspecified atom stereocenters. The number of hydrogen-bond acceptors (Lipinski definition) is 5. The van der Waals surface area contributed by atoms with Crippen LogP contribution in [-0.2, 0) is 9.59 Å². The van der Waals surface area contributed by atoms with Crippen molar-refractivity contribution < 1.29 is 14.4 Å². The van der Waals surface area contributed by atoms with Gasteiger partial charge in [-0.15, -0.1) is 0 Å². The normalized spacial score (nSPS) is 21.0. The van der Waals surface area contributed by atoms with E-state index in [1.165, 1.54) is 11.3 Å². The number of fused-ring (bicyclic) bond motifs is 1. The molecule has 1 aliphatic rings. The average molecular weight is 353 g/mol. The number of aromatic nitrogens is 1. The van der Waals surface area contributed by atoms with Crippen LogP contribution >= 0.6 is 22.9 Å². The maximum absolute atomic E-state index is 12.1. The first-order valence-electron chi connectivity index (χ1n) is 6.89. The fourth-order valence-electron chi connectivity index (χ4n) is 2.37. The van der Waals surface area contributed by atoms with Crippen LogP contribution in [-0.4, -0.2) is 28.9 Å². The van der Waals surface area contributed by atoms with Crippen molar-refractivity contribution in [2.45, 2.75) is 19.4 Å². The van der Waals surface area contributed by atoms with Gasteiger partial charge in [-0.1, -0.05) is 22.9 Å². The third-order valence-corrected chi connectivity index (χ3v) is 4.71. The molecule has 2 heterocycles. The Hall–Kier alpha value is -2.19. The monoisotopic (exact) mass is 352 g/mol. The average Bonchev–Trinajstić information content (AvgIpc) is 2.84. The van der Waals surface area contributed by atoms with Gasteiger partial charge in [-0.25, -0.2) is 9.78 Å². The van der Waals surface area contributed by atoms with E-state index in [1.54, 1.807) is 25.1 Å². The zero-order valence-electron chi connectivity index (χ0n) is 12.1. The van der Waals surface area contributed by atoms with Crippen molar-refractivity contribution in [1.82, 2.24) is 15.6 Å². The summed E-state index contributed by atoms with van der Waals surface area (Å²) in [7, 11) is 0. The molecule has 9 heteroatoms. The van der Waals surface area contributed by atoms with Gasteiger partial charge in [0, 0.05) is 17.5 Å². The number of benzene rings is 1. The molecule has 0 saturated carbocycles. The van der Waals surface area contributed by atoms with E-state index in [1.807, 2.05) is 0 Å². The van der Waals surface area contributed by atoms with E-state index in [0.29, 0.717) is 10.2 Å². The molecule has 1 saturated heterocycles. The smallest absolute Gasteiger partial charge is 0.321 e. The lowest BCUT2D eigenvalue weighted by Crippen LogP contribution is -2.57. The predicted molar refractivity (Wildman–Crippen MR) is 87.5 cm³/mol. The molecule has 4 amide bonds. The highest BCUT2D eigenvalue weighted by molar-refractivity contribution is 7.22. The molecule has 1 aromatic heterocycles. The van der Waals surface area contributed by atoms with Crippen molar-refractivity contribution in [1.29, 1.82) is 0 Å². The van der Waals surface area contributed by atoms with E-state index in [2.05, 4.69) is 20.9 Å². The van der Waals surface area contributed by atoms with Crippen LogP contribution < -0.4 is 16.0 Å². The minimum atomic E-state index is -0.614. The number of anilines is 1. The van der Waals surface area contributed by atoms with Gasteiger partial charge in [-0.2, -0.15) is 0 Å². The second-order valence-electron chi connectivity index (χ2n) is 5.24. The van der Waals surface area contributed by atoms with Crippen molar-refractivity contribution in [3.05, 3.63) is 23.2 Å². The third-order valence-electron chi connectivity index (χ3n) is 3.54. The van der Waals surface area contributed by atoms with Gasteiger partial charge in [0.1, 0.15) is 0 Å². The van der Waals surface area contributed by atoms with E-state index in [0.717, 1.165) is 10.2 Å². The summed E-state index contributed by atoms with van der Waals surface area (Å²) in [4.78, 5) is 39.4. The molecule has 23 heavy (non-hydrogen) atoms. The van der Waals surface area contributed by atoms with Crippen LogP contribution in [0.5, 0.6) is 0 Å². The standard InChI is InChI=1S/C14H13ClN4O3S/c1-6-8(12(21)19-13(22)16-6)5-11(20)18-14-17-9-3-2-7(15)4-10(9)23-14/h2-4,6,8H,5H2,1H3,(H,17,18,20)(H2,16,19,21,22). The number of hydrogen-bond donors (Lipinski definition) is 3. The minimum absolute atomic E-state index is 0.0377. The van der Waals surface area contributed by atoms with E-state index in [9.17, 15) is 14.4 Å². The van der Waals surface area contributed by atoms with Gasteiger partial charge in [0.05, 0.1) is 16.1 Å².